The first-order valence-electron chi connectivity index (χ1n) is 5.42. The largest absolute Gasteiger partial charge is 0.310 e. The van der Waals surface area contributed by atoms with Gasteiger partial charge in [-0.2, -0.15) is 0 Å². The Morgan fingerprint density at radius 3 is 2.94 bits per heavy atom. The van der Waals surface area contributed by atoms with Crippen LogP contribution in [0.1, 0.15) is 24.4 Å². The zero-order valence-corrected chi connectivity index (χ0v) is 10.6. The number of nitrogens with zero attached hydrogens (tertiary/aromatic N) is 3. The highest BCUT2D eigenvalue weighted by Gasteiger charge is 2.27. The Morgan fingerprint density at radius 2 is 2.19 bits per heavy atom. The molecule has 0 aliphatic heterocycles. The maximum Gasteiger partial charge on any atom is 0.164 e. The molecule has 0 saturated heterocycles. The molecule has 1 saturated carbocycles. The minimum absolute atomic E-state index is 0.614. The molecule has 82 valence electrons. The van der Waals surface area contributed by atoms with E-state index >= 15 is 0 Å². The van der Waals surface area contributed by atoms with Crippen LogP contribution in [0.4, 0.5) is 0 Å². The molecule has 0 bridgehead atoms. The summed E-state index contributed by atoms with van der Waals surface area (Å²) in [4.78, 5) is 0. The topological polar surface area (TPSA) is 30.7 Å². The van der Waals surface area contributed by atoms with Crippen LogP contribution in [0.5, 0.6) is 0 Å². The van der Waals surface area contributed by atoms with E-state index in [1.165, 1.54) is 24.0 Å². The van der Waals surface area contributed by atoms with Gasteiger partial charge in [0.25, 0.3) is 0 Å². The molecule has 1 aromatic carbocycles. The van der Waals surface area contributed by atoms with Gasteiger partial charge in [0, 0.05) is 16.1 Å². The third-order valence-corrected chi connectivity index (χ3v) is 3.88. The van der Waals surface area contributed by atoms with Gasteiger partial charge in [0.05, 0.1) is 0 Å². The maximum absolute atomic E-state index is 4.24. The van der Waals surface area contributed by atoms with Gasteiger partial charge in [-0.3, -0.25) is 0 Å². The molecule has 0 unspecified atom stereocenters. The summed E-state index contributed by atoms with van der Waals surface area (Å²) in [5.41, 5.74) is 2.39. The molecule has 1 aliphatic carbocycles. The van der Waals surface area contributed by atoms with E-state index in [0.29, 0.717) is 6.04 Å². The summed E-state index contributed by atoms with van der Waals surface area (Å²) in [5.74, 6) is 0.987. The summed E-state index contributed by atoms with van der Waals surface area (Å²) >= 11 is 3.55. The van der Waals surface area contributed by atoms with Gasteiger partial charge in [0.2, 0.25) is 0 Å². The van der Waals surface area contributed by atoms with Crippen molar-refractivity contribution in [3.63, 3.8) is 0 Å². The summed E-state index contributed by atoms with van der Waals surface area (Å²) in [6, 6.07) is 6.81. The average Bonchev–Trinajstić information content (AvgIpc) is 3.01. The molecule has 3 rings (SSSR count). The van der Waals surface area contributed by atoms with Crippen molar-refractivity contribution >= 4 is 15.9 Å². The zero-order valence-electron chi connectivity index (χ0n) is 9.02. The molecule has 0 radical (unpaired) electrons. The molecule has 0 amide bonds. The van der Waals surface area contributed by atoms with Gasteiger partial charge in [-0.05, 0) is 31.4 Å². The van der Waals surface area contributed by atoms with E-state index in [9.17, 15) is 0 Å². The average molecular weight is 278 g/mol. The summed E-state index contributed by atoms with van der Waals surface area (Å²) in [6.45, 7) is 2.10. The van der Waals surface area contributed by atoms with Crippen LogP contribution < -0.4 is 0 Å². The van der Waals surface area contributed by atoms with Crippen molar-refractivity contribution in [2.45, 2.75) is 25.8 Å². The number of benzene rings is 1. The second kappa shape index (κ2) is 3.70. The SMILES string of the molecule is Cc1c(Br)cccc1-c1nncn1C1CC1. The predicted molar refractivity (Wildman–Crippen MR) is 66.2 cm³/mol. The van der Waals surface area contributed by atoms with E-state index < -0.39 is 0 Å². The zero-order chi connectivity index (χ0) is 11.1. The molecular weight excluding hydrogens is 266 g/mol. The summed E-state index contributed by atoms with van der Waals surface area (Å²) in [5, 5.41) is 8.27. The van der Waals surface area contributed by atoms with Crippen LogP contribution in [-0.2, 0) is 0 Å². The van der Waals surface area contributed by atoms with Gasteiger partial charge in [-0.25, -0.2) is 0 Å². The Kier molecular flexibility index (Phi) is 2.32. The van der Waals surface area contributed by atoms with E-state index in [0.717, 1.165) is 10.3 Å². The molecule has 1 heterocycles. The number of rotatable bonds is 2. The number of aromatic nitrogens is 3. The van der Waals surface area contributed by atoms with Crippen molar-refractivity contribution in [2.24, 2.45) is 0 Å². The fourth-order valence-electron chi connectivity index (χ4n) is 1.91. The number of hydrogen-bond acceptors (Lipinski definition) is 2. The monoisotopic (exact) mass is 277 g/mol. The van der Waals surface area contributed by atoms with Crippen LogP contribution >= 0.6 is 15.9 Å². The first-order chi connectivity index (χ1) is 7.77. The molecule has 4 heteroatoms. The Hall–Kier alpha value is -1.16. The lowest BCUT2D eigenvalue weighted by Crippen LogP contribution is -1.97. The van der Waals surface area contributed by atoms with Crippen molar-refractivity contribution in [1.82, 2.24) is 14.8 Å². The second-order valence-electron chi connectivity index (χ2n) is 4.21. The van der Waals surface area contributed by atoms with Gasteiger partial charge in [0.1, 0.15) is 6.33 Å². The van der Waals surface area contributed by atoms with Crippen molar-refractivity contribution in [1.29, 1.82) is 0 Å². The number of halogens is 1. The predicted octanol–water partition coefficient (Wildman–Crippen LogP) is 3.35. The van der Waals surface area contributed by atoms with Crippen molar-refractivity contribution in [3.05, 3.63) is 34.6 Å². The second-order valence-corrected chi connectivity index (χ2v) is 5.06. The lowest BCUT2D eigenvalue weighted by Gasteiger charge is -2.08. The molecular formula is C12H12BrN3. The van der Waals surface area contributed by atoms with Crippen LogP contribution in [0.3, 0.4) is 0 Å². The first-order valence-corrected chi connectivity index (χ1v) is 6.21. The molecule has 0 atom stereocenters. The van der Waals surface area contributed by atoms with Gasteiger partial charge >= 0.3 is 0 Å². The summed E-state index contributed by atoms with van der Waals surface area (Å²) in [6.07, 6.45) is 4.34. The smallest absolute Gasteiger partial charge is 0.164 e. The van der Waals surface area contributed by atoms with Crippen LogP contribution in [0.2, 0.25) is 0 Å². The first kappa shape index (κ1) is 10.0. The van der Waals surface area contributed by atoms with Gasteiger partial charge in [-0.15, -0.1) is 10.2 Å². The maximum atomic E-state index is 4.24. The molecule has 1 aliphatic rings. The minimum atomic E-state index is 0.614. The van der Waals surface area contributed by atoms with Gasteiger partial charge in [0.15, 0.2) is 5.82 Å². The highest BCUT2D eigenvalue weighted by molar-refractivity contribution is 9.10. The lowest BCUT2D eigenvalue weighted by molar-refractivity contribution is 0.745. The third-order valence-electron chi connectivity index (χ3n) is 3.02. The highest BCUT2D eigenvalue weighted by Crippen LogP contribution is 2.38. The van der Waals surface area contributed by atoms with Crippen molar-refractivity contribution in [2.75, 3.05) is 0 Å². The van der Waals surface area contributed by atoms with Crippen molar-refractivity contribution in [3.8, 4) is 11.4 Å². The Labute approximate surface area is 103 Å². The molecule has 1 aromatic heterocycles. The van der Waals surface area contributed by atoms with E-state index in [1.807, 2.05) is 12.4 Å². The molecule has 2 aromatic rings. The van der Waals surface area contributed by atoms with Gasteiger partial charge in [-0.1, -0.05) is 28.1 Å². The standard InChI is InChI=1S/C12H12BrN3/c1-8-10(3-2-4-11(8)13)12-15-14-7-16(12)9-5-6-9/h2-4,7,9H,5-6H2,1H3. The highest BCUT2D eigenvalue weighted by atomic mass is 79.9. The fourth-order valence-corrected chi connectivity index (χ4v) is 2.27. The molecule has 3 nitrogen and oxygen atoms in total. The normalized spacial score (nSPS) is 15.4. The summed E-state index contributed by atoms with van der Waals surface area (Å²) in [7, 11) is 0. The van der Waals surface area contributed by atoms with E-state index in [-0.39, 0.29) is 0 Å². The van der Waals surface area contributed by atoms with E-state index in [2.05, 4.69) is 49.8 Å². The van der Waals surface area contributed by atoms with E-state index in [1.54, 1.807) is 0 Å². The molecule has 16 heavy (non-hydrogen) atoms. The van der Waals surface area contributed by atoms with Crippen molar-refractivity contribution < 1.29 is 0 Å². The van der Waals surface area contributed by atoms with E-state index in [4.69, 9.17) is 0 Å². The Bertz CT molecular complexity index is 529. The number of hydrogen-bond donors (Lipinski definition) is 0. The molecule has 1 fully saturated rings. The van der Waals surface area contributed by atoms with Crippen LogP contribution in [0, 0.1) is 6.92 Å². The summed E-state index contributed by atoms with van der Waals surface area (Å²) < 4.78 is 3.31. The Balaban J connectivity index is 2.14. The van der Waals surface area contributed by atoms with Crippen LogP contribution in [0.25, 0.3) is 11.4 Å². The van der Waals surface area contributed by atoms with Gasteiger partial charge < -0.3 is 4.57 Å². The minimum Gasteiger partial charge on any atom is -0.310 e. The quantitative estimate of drug-likeness (QED) is 0.843. The third kappa shape index (κ3) is 1.57. The lowest BCUT2D eigenvalue weighted by atomic mass is 10.1. The molecule has 0 spiro atoms. The Morgan fingerprint density at radius 1 is 1.38 bits per heavy atom. The fraction of sp³-hybridized carbons (Fsp3) is 0.333. The van der Waals surface area contributed by atoms with Crippen LogP contribution in [0.15, 0.2) is 29.0 Å². The molecule has 0 N–H and O–H groups in total. The van der Waals surface area contributed by atoms with Crippen LogP contribution in [-0.4, -0.2) is 14.8 Å².